The van der Waals surface area contributed by atoms with E-state index in [0.717, 1.165) is 19.3 Å². The molecule has 25 heavy (non-hydrogen) atoms. The van der Waals surface area contributed by atoms with Crippen LogP contribution in [-0.4, -0.2) is 34.1 Å². The molecule has 4 heteroatoms. The molecule has 4 nitrogen and oxygen atoms in total. The van der Waals surface area contributed by atoms with Crippen molar-refractivity contribution in [2.45, 2.75) is 39.0 Å². The van der Waals surface area contributed by atoms with Gasteiger partial charge in [-0.3, -0.25) is 4.79 Å². The Kier molecular flexibility index (Phi) is 4.98. The number of phenols is 2. The third-order valence-corrected chi connectivity index (χ3v) is 5.20. The molecule has 2 N–H and O–H groups in total. The number of carbonyl (C=O) groups is 1. The topological polar surface area (TPSA) is 60.8 Å². The molecule has 0 spiro atoms. The Balaban J connectivity index is 1.88. The second kappa shape index (κ2) is 7.18. The largest absolute Gasteiger partial charge is 0.508 e. The number of allylic oxidation sites excluding steroid dienone is 4. The number of phenolic OH excluding ortho intramolecular Hbond substituents is 2. The van der Waals surface area contributed by atoms with Crippen LogP contribution in [0, 0.1) is 0 Å². The quantitative estimate of drug-likeness (QED) is 0.864. The van der Waals surface area contributed by atoms with Gasteiger partial charge in [-0.15, -0.1) is 0 Å². The lowest BCUT2D eigenvalue weighted by molar-refractivity contribution is 0.0760. The lowest BCUT2D eigenvalue weighted by Gasteiger charge is -2.30. The Hall–Kier alpha value is -2.49. The molecule has 1 heterocycles. The van der Waals surface area contributed by atoms with E-state index < -0.39 is 0 Å². The van der Waals surface area contributed by atoms with Crippen molar-refractivity contribution in [1.29, 1.82) is 0 Å². The zero-order valence-corrected chi connectivity index (χ0v) is 14.8. The van der Waals surface area contributed by atoms with Crippen molar-refractivity contribution in [1.82, 2.24) is 4.90 Å². The van der Waals surface area contributed by atoms with Gasteiger partial charge in [0.2, 0.25) is 0 Å². The van der Waals surface area contributed by atoms with Gasteiger partial charge in [0.05, 0.1) is 5.56 Å². The van der Waals surface area contributed by atoms with E-state index in [-0.39, 0.29) is 28.9 Å². The third-order valence-electron chi connectivity index (χ3n) is 5.20. The number of amides is 1. The number of nitrogens with zero attached hydrogens (tertiary/aromatic N) is 1. The predicted octanol–water partition coefficient (Wildman–Crippen LogP) is 4.27. The lowest BCUT2D eigenvalue weighted by Crippen LogP contribution is -2.37. The molecule has 0 bridgehead atoms. The summed E-state index contributed by atoms with van der Waals surface area (Å²) < 4.78 is 0. The molecule has 0 radical (unpaired) electrons. The first kappa shape index (κ1) is 17.3. The average molecular weight is 339 g/mol. The van der Waals surface area contributed by atoms with Crippen LogP contribution in [-0.2, 0) is 0 Å². The first-order valence-electron chi connectivity index (χ1n) is 8.90. The van der Waals surface area contributed by atoms with Crippen molar-refractivity contribution in [2.24, 2.45) is 0 Å². The van der Waals surface area contributed by atoms with Gasteiger partial charge < -0.3 is 15.1 Å². The van der Waals surface area contributed by atoms with E-state index in [9.17, 15) is 15.0 Å². The summed E-state index contributed by atoms with van der Waals surface area (Å²) in [6.45, 7) is 5.26. The van der Waals surface area contributed by atoms with Crippen LogP contribution in [0.15, 0.2) is 47.6 Å². The van der Waals surface area contributed by atoms with E-state index in [4.69, 9.17) is 0 Å². The zero-order chi connectivity index (χ0) is 18.0. The summed E-state index contributed by atoms with van der Waals surface area (Å²) in [4.78, 5) is 14.8. The van der Waals surface area contributed by atoms with Gasteiger partial charge in [0.1, 0.15) is 11.5 Å². The van der Waals surface area contributed by atoms with Crippen LogP contribution < -0.4 is 0 Å². The van der Waals surface area contributed by atoms with Crippen molar-refractivity contribution in [2.75, 3.05) is 13.1 Å². The molecular formula is C21H25NO3. The summed E-state index contributed by atoms with van der Waals surface area (Å²) in [5, 5.41) is 20.3. The van der Waals surface area contributed by atoms with Crippen LogP contribution in [0.5, 0.6) is 11.5 Å². The molecule has 1 aromatic carbocycles. The standard InChI is InChI=1S/C21H25NO3/c1-3-14(2)17-11-18(20(24)12-19(17)23)21(25)22-10-9-15-7-5-4-6-8-16(15)13-22/h4-7,11-12,14,23-24H,3,8-10,13H2,1-2H3. The minimum atomic E-state index is -0.175. The van der Waals surface area contributed by atoms with Gasteiger partial charge in [-0.05, 0) is 48.0 Å². The molecule has 0 saturated carbocycles. The maximum atomic E-state index is 13.0. The van der Waals surface area contributed by atoms with Crippen LogP contribution in [0.1, 0.15) is 54.9 Å². The first-order valence-corrected chi connectivity index (χ1v) is 8.90. The molecule has 0 saturated heterocycles. The van der Waals surface area contributed by atoms with E-state index >= 15 is 0 Å². The fraction of sp³-hybridized carbons (Fsp3) is 0.381. The van der Waals surface area contributed by atoms with Gasteiger partial charge in [0.15, 0.2) is 0 Å². The Morgan fingerprint density at radius 2 is 2.04 bits per heavy atom. The van der Waals surface area contributed by atoms with Crippen molar-refractivity contribution in [3.8, 4) is 11.5 Å². The second-order valence-corrected chi connectivity index (χ2v) is 6.83. The summed E-state index contributed by atoms with van der Waals surface area (Å²) in [5.41, 5.74) is 3.55. The minimum absolute atomic E-state index is 0.0473. The summed E-state index contributed by atoms with van der Waals surface area (Å²) >= 11 is 0. The van der Waals surface area contributed by atoms with Gasteiger partial charge >= 0.3 is 0 Å². The van der Waals surface area contributed by atoms with Crippen LogP contribution in [0.2, 0.25) is 0 Å². The Morgan fingerprint density at radius 3 is 2.80 bits per heavy atom. The molecule has 1 aliphatic carbocycles. The Bertz CT molecular complexity index is 774. The Labute approximate surface area is 148 Å². The van der Waals surface area contributed by atoms with Crippen LogP contribution in [0.3, 0.4) is 0 Å². The fourth-order valence-electron chi connectivity index (χ4n) is 3.42. The van der Waals surface area contributed by atoms with Gasteiger partial charge in [0.25, 0.3) is 5.91 Å². The molecule has 1 aromatic rings. The average Bonchev–Trinajstić information content (AvgIpc) is 2.85. The van der Waals surface area contributed by atoms with Gasteiger partial charge in [0, 0.05) is 19.2 Å². The van der Waals surface area contributed by atoms with Gasteiger partial charge in [-0.2, -0.15) is 0 Å². The highest BCUT2D eigenvalue weighted by Crippen LogP contribution is 2.35. The van der Waals surface area contributed by atoms with E-state index in [1.54, 1.807) is 11.0 Å². The van der Waals surface area contributed by atoms with Gasteiger partial charge in [-0.1, -0.05) is 38.2 Å². The van der Waals surface area contributed by atoms with E-state index in [1.807, 2.05) is 26.0 Å². The maximum Gasteiger partial charge on any atom is 0.257 e. The molecule has 1 amide bonds. The third kappa shape index (κ3) is 3.48. The monoisotopic (exact) mass is 339 g/mol. The summed E-state index contributed by atoms with van der Waals surface area (Å²) in [6, 6.07) is 2.94. The molecule has 132 valence electrons. The molecular weight excluding hydrogens is 314 g/mol. The summed E-state index contributed by atoms with van der Waals surface area (Å²) in [6.07, 6.45) is 10.8. The molecule has 0 fully saturated rings. The number of hydrogen-bond acceptors (Lipinski definition) is 3. The second-order valence-electron chi connectivity index (χ2n) is 6.83. The number of carbonyl (C=O) groups excluding carboxylic acids is 1. The van der Waals surface area contributed by atoms with Crippen molar-refractivity contribution in [3.05, 3.63) is 58.7 Å². The van der Waals surface area contributed by atoms with E-state index in [1.165, 1.54) is 17.2 Å². The number of rotatable bonds is 3. The number of aromatic hydroxyl groups is 2. The van der Waals surface area contributed by atoms with E-state index in [0.29, 0.717) is 18.7 Å². The summed E-state index contributed by atoms with van der Waals surface area (Å²) in [5.74, 6) is -0.160. The highest BCUT2D eigenvalue weighted by Gasteiger charge is 2.26. The molecule has 0 aromatic heterocycles. The highest BCUT2D eigenvalue weighted by atomic mass is 16.3. The molecule has 1 aliphatic heterocycles. The van der Waals surface area contributed by atoms with Crippen molar-refractivity contribution < 1.29 is 15.0 Å². The first-order chi connectivity index (χ1) is 12.0. The van der Waals surface area contributed by atoms with Crippen LogP contribution >= 0.6 is 0 Å². The SMILES string of the molecule is CCC(C)c1cc(C(=O)N2CCC3=C(CC=CC=C3)C2)c(O)cc1O. The number of hydrogen-bond donors (Lipinski definition) is 2. The lowest BCUT2D eigenvalue weighted by atomic mass is 9.94. The molecule has 1 unspecified atom stereocenters. The Morgan fingerprint density at radius 1 is 1.24 bits per heavy atom. The predicted molar refractivity (Wildman–Crippen MR) is 98.9 cm³/mol. The molecule has 2 aliphatic rings. The number of benzene rings is 1. The minimum Gasteiger partial charge on any atom is -0.508 e. The van der Waals surface area contributed by atoms with Crippen LogP contribution in [0.4, 0.5) is 0 Å². The van der Waals surface area contributed by atoms with E-state index in [2.05, 4.69) is 12.2 Å². The molecule has 3 rings (SSSR count). The van der Waals surface area contributed by atoms with Crippen molar-refractivity contribution >= 4 is 5.91 Å². The zero-order valence-electron chi connectivity index (χ0n) is 14.8. The highest BCUT2D eigenvalue weighted by molar-refractivity contribution is 5.97. The van der Waals surface area contributed by atoms with Gasteiger partial charge in [-0.25, -0.2) is 0 Å². The molecule has 1 atom stereocenters. The smallest absolute Gasteiger partial charge is 0.257 e. The normalized spacial score (nSPS) is 18.1. The van der Waals surface area contributed by atoms with Crippen LogP contribution in [0.25, 0.3) is 0 Å². The fourth-order valence-corrected chi connectivity index (χ4v) is 3.42. The van der Waals surface area contributed by atoms with Crippen molar-refractivity contribution in [3.63, 3.8) is 0 Å². The summed E-state index contributed by atoms with van der Waals surface area (Å²) in [7, 11) is 0. The maximum absolute atomic E-state index is 13.0.